The lowest BCUT2D eigenvalue weighted by molar-refractivity contribution is -0.121. The quantitative estimate of drug-likeness (QED) is 0.587. The summed E-state index contributed by atoms with van der Waals surface area (Å²) >= 11 is 1.43. The molecule has 11 heteroatoms. The second-order valence-electron chi connectivity index (χ2n) is 5.77. The van der Waals surface area contributed by atoms with E-state index in [0.717, 1.165) is 31.6 Å². The highest BCUT2D eigenvalue weighted by molar-refractivity contribution is 7.13. The lowest BCUT2D eigenvalue weighted by Gasteiger charge is -2.25. The van der Waals surface area contributed by atoms with Gasteiger partial charge in [0, 0.05) is 25.0 Å². The number of tetrazole rings is 1. The van der Waals surface area contributed by atoms with Crippen LogP contribution in [0.5, 0.6) is 0 Å². The van der Waals surface area contributed by atoms with Gasteiger partial charge in [-0.15, -0.1) is 16.4 Å². The maximum atomic E-state index is 12.1. The first-order chi connectivity index (χ1) is 12.2. The van der Waals surface area contributed by atoms with Crippen LogP contribution in [0.1, 0.15) is 17.9 Å². The summed E-state index contributed by atoms with van der Waals surface area (Å²) in [6.45, 7) is 4.45. The van der Waals surface area contributed by atoms with Crippen LogP contribution in [0.2, 0.25) is 0 Å². The Hall–Kier alpha value is -2.11. The zero-order valence-corrected chi connectivity index (χ0v) is 14.7. The van der Waals surface area contributed by atoms with Gasteiger partial charge in [-0.2, -0.15) is 0 Å². The fourth-order valence-electron chi connectivity index (χ4n) is 2.55. The molecule has 136 valence electrons. The molecule has 3 heterocycles. The van der Waals surface area contributed by atoms with Crippen molar-refractivity contribution in [2.45, 2.75) is 25.9 Å². The van der Waals surface area contributed by atoms with Crippen LogP contribution in [0, 0.1) is 0 Å². The van der Waals surface area contributed by atoms with E-state index in [9.17, 15) is 4.79 Å². The monoisotopic (exact) mass is 366 g/mol. The molecule has 10 nitrogen and oxygen atoms in total. The molecule has 2 aromatic heterocycles. The minimum absolute atomic E-state index is 0.103. The molecule has 0 atom stereocenters. The standard InChI is InChI=1S/C14H22N8O2S/c15-14-17-11(10-25-14)2-1-3-16-13(23)9-22-12(18-19-20-22)8-21-4-6-24-7-5-21/h10H,1-9H2,(H2,15,17)(H,16,23). The van der Waals surface area contributed by atoms with Crippen molar-refractivity contribution >= 4 is 22.4 Å². The number of aromatic nitrogens is 5. The molecule has 2 aromatic rings. The van der Waals surface area contributed by atoms with E-state index in [1.165, 1.54) is 11.3 Å². The Labute approximate surface area is 149 Å². The molecule has 0 saturated carbocycles. The van der Waals surface area contributed by atoms with Gasteiger partial charge in [0.05, 0.1) is 25.5 Å². The normalized spacial score (nSPS) is 15.4. The number of thiazole rings is 1. The van der Waals surface area contributed by atoms with Crippen LogP contribution in [0.4, 0.5) is 5.13 Å². The number of rotatable bonds is 8. The fourth-order valence-corrected chi connectivity index (χ4v) is 3.14. The van der Waals surface area contributed by atoms with Crippen LogP contribution in [-0.4, -0.2) is 68.8 Å². The summed E-state index contributed by atoms with van der Waals surface area (Å²) in [5, 5.41) is 17.0. The number of nitrogens with zero attached hydrogens (tertiary/aromatic N) is 6. The Kier molecular flexibility index (Phi) is 6.25. The molecule has 3 rings (SSSR count). The van der Waals surface area contributed by atoms with Crippen molar-refractivity contribution < 1.29 is 9.53 Å². The molecule has 0 aromatic carbocycles. The number of aryl methyl sites for hydroxylation is 1. The highest BCUT2D eigenvalue weighted by Crippen LogP contribution is 2.12. The number of hydrogen-bond acceptors (Lipinski definition) is 9. The van der Waals surface area contributed by atoms with Crippen LogP contribution in [0.15, 0.2) is 5.38 Å². The second kappa shape index (κ2) is 8.83. The number of nitrogen functional groups attached to an aromatic ring is 1. The van der Waals surface area contributed by atoms with Gasteiger partial charge in [-0.25, -0.2) is 9.67 Å². The summed E-state index contributed by atoms with van der Waals surface area (Å²) in [5.41, 5.74) is 6.56. The van der Waals surface area contributed by atoms with Gasteiger partial charge in [0.15, 0.2) is 11.0 Å². The molecule has 1 fully saturated rings. The van der Waals surface area contributed by atoms with Gasteiger partial charge in [-0.05, 0) is 23.3 Å². The van der Waals surface area contributed by atoms with Crippen molar-refractivity contribution in [3.8, 4) is 0 Å². The SMILES string of the molecule is Nc1nc(CCCNC(=O)Cn2nnnc2CN2CCOCC2)cs1. The maximum absolute atomic E-state index is 12.1. The van der Waals surface area contributed by atoms with Gasteiger partial charge >= 0.3 is 0 Å². The minimum atomic E-state index is -0.103. The minimum Gasteiger partial charge on any atom is -0.379 e. The summed E-state index contributed by atoms with van der Waals surface area (Å²) in [6.07, 6.45) is 1.60. The van der Waals surface area contributed by atoms with Crippen LogP contribution >= 0.6 is 11.3 Å². The van der Waals surface area contributed by atoms with Crippen molar-refractivity contribution in [2.75, 3.05) is 38.6 Å². The van der Waals surface area contributed by atoms with E-state index in [0.29, 0.717) is 37.3 Å². The third-order valence-electron chi connectivity index (χ3n) is 3.87. The molecule has 1 aliphatic heterocycles. The predicted octanol–water partition coefficient (Wildman–Crippen LogP) is -0.707. The van der Waals surface area contributed by atoms with Crippen LogP contribution < -0.4 is 11.1 Å². The summed E-state index contributed by atoms with van der Waals surface area (Å²) in [5.74, 6) is 0.586. The molecule has 1 saturated heterocycles. The number of nitrogens with one attached hydrogen (secondary N) is 1. The average Bonchev–Trinajstić information content (AvgIpc) is 3.22. The Morgan fingerprint density at radius 1 is 1.40 bits per heavy atom. The smallest absolute Gasteiger partial charge is 0.241 e. The van der Waals surface area contributed by atoms with E-state index in [4.69, 9.17) is 10.5 Å². The summed E-state index contributed by atoms with van der Waals surface area (Å²) in [4.78, 5) is 18.5. The average molecular weight is 366 g/mol. The lowest BCUT2D eigenvalue weighted by Crippen LogP contribution is -2.37. The first-order valence-electron chi connectivity index (χ1n) is 8.22. The van der Waals surface area contributed by atoms with Gasteiger partial charge in [0.2, 0.25) is 5.91 Å². The Balaban J connectivity index is 1.39. The number of amides is 1. The molecular weight excluding hydrogens is 344 g/mol. The fraction of sp³-hybridized carbons (Fsp3) is 0.643. The first-order valence-corrected chi connectivity index (χ1v) is 9.10. The molecule has 1 amide bonds. The summed E-state index contributed by atoms with van der Waals surface area (Å²) in [7, 11) is 0. The van der Waals surface area contributed by atoms with E-state index in [1.54, 1.807) is 4.68 Å². The largest absolute Gasteiger partial charge is 0.379 e. The van der Waals surface area contributed by atoms with E-state index >= 15 is 0 Å². The third-order valence-corrected chi connectivity index (χ3v) is 4.59. The van der Waals surface area contributed by atoms with Crippen molar-refractivity contribution in [3.05, 3.63) is 16.9 Å². The molecule has 0 radical (unpaired) electrons. The van der Waals surface area contributed by atoms with E-state index in [-0.39, 0.29) is 12.5 Å². The summed E-state index contributed by atoms with van der Waals surface area (Å²) in [6, 6.07) is 0. The first kappa shape index (κ1) is 17.7. The van der Waals surface area contributed by atoms with Crippen LogP contribution in [0.3, 0.4) is 0 Å². The molecule has 0 unspecified atom stereocenters. The summed E-state index contributed by atoms with van der Waals surface area (Å²) < 4.78 is 6.87. The van der Waals surface area contributed by atoms with Gasteiger partial charge in [0.25, 0.3) is 0 Å². The zero-order chi connectivity index (χ0) is 17.5. The van der Waals surface area contributed by atoms with Crippen LogP contribution in [-0.2, 0) is 29.0 Å². The van der Waals surface area contributed by atoms with Gasteiger partial charge < -0.3 is 15.8 Å². The van der Waals surface area contributed by atoms with Crippen molar-refractivity contribution in [1.82, 2.24) is 35.4 Å². The molecule has 0 bridgehead atoms. The Morgan fingerprint density at radius 3 is 3.00 bits per heavy atom. The number of ether oxygens (including phenoxy) is 1. The topological polar surface area (TPSA) is 124 Å². The molecule has 3 N–H and O–H groups in total. The Morgan fingerprint density at radius 2 is 2.24 bits per heavy atom. The van der Waals surface area contributed by atoms with Crippen molar-refractivity contribution in [3.63, 3.8) is 0 Å². The van der Waals surface area contributed by atoms with Crippen LogP contribution in [0.25, 0.3) is 0 Å². The number of anilines is 1. The Bertz CT molecular complexity index is 682. The van der Waals surface area contributed by atoms with E-state index < -0.39 is 0 Å². The highest BCUT2D eigenvalue weighted by Gasteiger charge is 2.16. The van der Waals surface area contributed by atoms with Gasteiger partial charge in [0.1, 0.15) is 6.54 Å². The highest BCUT2D eigenvalue weighted by atomic mass is 32.1. The van der Waals surface area contributed by atoms with E-state index in [1.807, 2.05) is 5.38 Å². The molecule has 0 spiro atoms. The maximum Gasteiger partial charge on any atom is 0.241 e. The number of nitrogens with two attached hydrogens (primary N) is 1. The lowest BCUT2D eigenvalue weighted by atomic mass is 10.2. The molecule has 0 aliphatic carbocycles. The van der Waals surface area contributed by atoms with Crippen molar-refractivity contribution in [2.24, 2.45) is 0 Å². The molecule has 1 aliphatic rings. The third kappa shape index (κ3) is 5.44. The van der Waals surface area contributed by atoms with Crippen molar-refractivity contribution in [1.29, 1.82) is 0 Å². The molecule has 25 heavy (non-hydrogen) atoms. The predicted molar refractivity (Wildman–Crippen MR) is 91.8 cm³/mol. The van der Waals surface area contributed by atoms with Gasteiger partial charge in [-0.3, -0.25) is 9.69 Å². The second-order valence-corrected chi connectivity index (χ2v) is 6.66. The van der Waals surface area contributed by atoms with Gasteiger partial charge in [-0.1, -0.05) is 0 Å². The number of hydrogen-bond donors (Lipinski definition) is 2. The zero-order valence-electron chi connectivity index (χ0n) is 13.9. The van der Waals surface area contributed by atoms with E-state index in [2.05, 4.69) is 30.7 Å². The number of morpholine rings is 1. The number of carbonyl (C=O) groups excluding carboxylic acids is 1. The molecular formula is C14H22N8O2S. The number of carbonyl (C=O) groups is 1.